The van der Waals surface area contributed by atoms with E-state index in [2.05, 4.69) is 9.97 Å². The highest BCUT2D eigenvalue weighted by atomic mass is 19.4. The van der Waals surface area contributed by atoms with Crippen molar-refractivity contribution in [1.82, 2.24) is 15.4 Å². The second kappa shape index (κ2) is 5.98. The Bertz CT molecular complexity index is 687. The van der Waals surface area contributed by atoms with Crippen LogP contribution in [0.5, 0.6) is 11.6 Å². The van der Waals surface area contributed by atoms with Crippen molar-refractivity contribution >= 4 is 5.91 Å². The number of nitrogens with two attached hydrogens (primary N) is 1. The molecule has 0 radical (unpaired) electrons. The van der Waals surface area contributed by atoms with Crippen LogP contribution < -0.4 is 16.0 Å². The lowest BCUT2D eigenvalue weighted by Crippen LogP contribution is -2.29. The van der Waals surface area contributed by atoms with E-state index in [9.17, 15) is 18.0 Å². The van der Waals surface area contributed by atoms with Gasteiger partial charge in [-0.05, 0) is 31.2 Å². The highest BCUT2D eigenvalue weighted by molar-refractivity contribution is 5.93. The first-order valence-electron chi connectivity index (χ1n) is 6.01. The summed E-state index contributed by atoms with van der Waals surface area (Å²) in [5.41, 5.74) is 1.15. The second-order valence-electron chi connectivity index (χ2n) is 4.24. The molecule has 116 valence electrons. The van der Waals surface area contributed by atoms with Crippen LogP contribution in [0.25, 0.3) is 0 Å². The summed E-state index contributed by atoms with van der Waals surface area (Å²) in [5.74, 6) is 4.41. The number of benzene rings is 1. The average Bonchev–Trinajstić information content (AvgIpc) is 2.45. The number of halogens is 3. The van der Waals surface area contributed by atoms with E-state index in [1.165, 1.54) is 31.2 Å². The largest absolute Gasteiger partial charge is 0.439 e. The molecule has 0 bridgehead atoms. The summed E-state index contributed by atoms with van der Waals surface area (Å²) in [6.45, 7) is 1.33. The number of nitrogens with zero attached hydrogens (tertiary/aromatic N) is 2. The third kappa shape index (κ3) is 3.70. The fraction of sp³-hybridized carbons (Fsp3) is 0.154. The minimum absolute atomic E-state index is 0.0658. The van der Waals surface area contributed by atoms with E-state index in [1.807, 2.05) is 5.43 Å². The first kappa shape index (κ1) is 15.7. The summed E-state index contributed by atoms with van der Waals surface area (Å²) in [7, 11) is 0. The van der Waals surface area contributed by atoms with Gasteiger partial charge in [0.15, 0.2) is 5.69 Å². The van der Waals surface area contributed by atoms with Gasteiger partial charge >= 0.3 is 6.18 Å². The fourth-order valence-electron chi connectivity index (χ4n) is 1.62. The zero-order valence-corrected chi connectivity index (χ0v) is 11.3. The number of hydrogen-bond donors (Lipinski definition) is 2. The molecule has 3 N–H and O–H groups in total. The molecule has 2 rings (SSSR count). The smallest absolute Gasteiger partial charge is 0.433 e. The maximum Gasteiger partial charge on any atom is 0.433 e. The predicted octanol–water partition coefficient (Wildman–Crippen LogP) is 2.20. The molecule has 1 amide bonds. The summed E-state index contributed by atoms with van der Waals surface area (Å²) in [4.78, 5) is 18.4. The number of nitrogen functional groups attached to an aromatic ring is 1. The Labute approximate surface area is 123 Å². The Morgan fingerprint density at radius 2 is 1.86 bits per heavy atom. The number of aryl methyl sites for hydroxylation is 1. The lowest BCUT2D eigenvalue weighted by molar-refractivity contribution is -0.141. The molecule has 0 saturated carbocycles. The van der Waals surface area contributed by atoms with Crippen LogP contribution in [0.1, 0.15) is 21.9 Å². The summed E-state index contributed by atoms with van der Waals surface area (Å²) in [6.07, 6.45) is -4.59. The van der Waals surface area contributed by atoms with Crippen molar-refractivity contribution < 1.29 is 22.7 Å². The summed E-state index contributed by atoms with van der Waals surface area (Å²) >= 11 is 0. The van der Waals surface area contributed by atoms with E-state index >= 15 is 0 Å². The number of ether oxygens (including phenoxy) is 1. The van der Waals surface area contributed by atoms with Crippen molar-refractivity contribution in [2.24, 2.45) is 5.84 Å². The summed E-state index contributed by atoms with van der Waals surface area (Å²) < 4.78 is 43.2. The molecular weight excluding hydrogens is 301 g/mol. The lowest BCUT2D eigenvalue weighted by Gasteiger charge is -2.10. The standard InChI is InChI=1S/C13H11F3N4O2/c1-7-18-10(13(14,15)16)6-11(19-7)22-9-4-2-8(3-5-9)12(21)20-17/h2-6H,17H2,1H3,(H,20,21). The number of amides is 1. The average molecular weight is 312 g/mol. The molecule has 0 atom stereocenters. The first-order valence-corrected chi connectivity index (χ1v) is 6.01. The van der Waals surface area contributed by atoms with E-state index in [0.29, 0.717) is 6.07 Å². The Morgan fingerprint density at radius 1 is 1.23 bits per heavy atom. The third-order valence-electron chi connectivity index (χ3n) is 2.57. The van der Waals surface area contributed by atoms with E-state index < -0.39 is 17.8 Å². The molecule has 0 aliphatic carbocycles. The van der Waals surface area contributed by atoms with E-state index in [4.69, 9.17) is 10.6 Å². The Morgan fingerprint density at radius 3 is 2.41 bits per heavy atom. The molecule has 9 heteroatoms. The molecule has 1 heterocycles. The Balaban J connectivity index is 2.24. The molecule has 22 heavy (non-hydrogen) atoms. The van der Waals surface area contributed by atoms with Crippen LogP contribution in [0.3, 0.4) is 0 Å². The number of carbonyl (C=O) groups excluding carboxylic acids is 1. The van der Waals surface area contributed by atoms with Gasteiger partial charge in [-0.1, -0.05) is 0 Å². The third-order valence-corrected chi connectivity index (χ3v) is 2.57. The number of hydrazine groups is 1. The van der Waals surface area contributed by atoms with Crippen LogP contribution in [0, 0.1) is 6.92 Å². The molecule has 0 saturated heterocycles. The van der Waals surface area contributed by atoms with Crippen LogP contribution in [-0.2, 0) is 6.18 Å². The van der Waals surface area contributed by atoms with Crippen molar-refractivity contribution in [3.63, 3.8) is 0 Å². The zero-order chi connectivity index (χ0) is 16.3. The van der Waals surface area contributed by atoms with E-state index in [-0.39, 0.29) is 23.0 Å². The van der Waals surface area contributed by atoms with Crippen molar-refractivity contribution in [1.29, 1.82) is 0 Å². The zero-order valence-electron chi connectivity index (χ0n) is 11.3. The molecule has 1 aromatic heterocycles. The molecule has 0 spiro atoms. The van der Waals surface area contributed by atoms with Crippen LogP contribution in [0.4, 0.5) is 13.2 Å². The lowest BCUT2D eigenvalue weighted by atomic mass is 10.2. The van der Waals surface area contributed by atoms with Gasteiger partial charge in [0.1, 0.15) is 11.6 Å². The van der Waals surface area contributed by atoms with E-state index in [1.54, 1.807) is 0 Å². The molecular formula is C13H11F3N4O2. The number of alkyl halides is 3. The highest BCUT2D eigenvalue weighted by Crippen LogP contribution is 2.30. The van der Waals surface area contributed by atoms with Gasteiger partial charge in [0, 0.05) is 11.6 Å². The maximum atomic E-state index is 12.7. The van der Waals surface area contributed by atoms with Crippen molar-refractivity contribution in [2.75, 3.05) is 0 Å². The molecule has 1 aromatic carbocycles. The molecule has 0 aliphatic heterocycles. The monoisotopic (exact) mass is 312 g/mol. The number of hydrogen-bond acceptors (Lipinski definition) is 5. The maximum absolute atomic E-state index is 12.7. The fourth-order valence-corrected chi connectivity index (χ4v) is 1.62. The van der Waals surface area contributed by atoms with Gasteiger partial charge in [0.25, 0.3) is 5.91 Å². The number of aromatic nitrogens is 2. The molecule has 0 fully saturated rings. The molecule has 2 aromatic rings. The molecule has 6 nitrogen and oxygen atoms in total. The molecule has 0 unspecified atom stereocenters. The first-order chi connectivity index (χ1) is 10.3. The van der Waals surface area contributed by atoms with E-state index in [0.717, 1.165) is 0 Å². The van der Waals surface area contributed by atoms with Gasteiger partial charge in [-0.15, -0.1) is 0 Å². The predicted molar refractivity (Wildman–Crippen MR) is 69.9 cm³/mol. The molecule has 0 aliphatic rings. The summed E-state index contributed by atoms with van der Waals surface area (Å²) in [5, 5.41) is 0. The van der Waals surface area contributed by atoms with Crippen LogP contribution in [-0.4, -0.2) is 15.9 Å². The minimum atomic E-state index is -4.59. The van der Waals surface area contributed by atoms with Gasteiger partial charge in [-0.3, -0.25) is 10.2 Å². The van der Waals surface area contributed by atoms with Gasteiger partial charge in [0.05, 0.1) is 0 Å². The van der Waals surface area contributed by atoms with Gasteiger partial charge < -0.3 is 4.74 Å². The van der Waals surface area contributed by atoms with Gasteiger partial charge in [-0.25, -0.2) is 10.8 Å². The van der Waals surface area contributed by atoms with Crippen LogP contribution >= 0.6 is 0 Å². The van der Waals surface area contributed by atoms with Gasteiger partial charge in [0.2, 0.25) is 5.88 Å². The minimum Gasteiger partial charge on any atom is -0.439 e. The normalized spacial score (nSPS) is 11.1. The summed E-state index contributed by atoms with van der Waals surface area (Å²) in [6, 6.07) is 6.35. The van der Waals surface area contributed by atoms with Crippen molar-refractivity contribution in [3.8, 4) is 11.6 Å². The van der Waals surface area contributed by atoms with Crippen molar-refractivity contribution in [2.45, 2.75) is 13.1 Å². The quantitative estimate of drug-likeness (QED) is 0.515. The number of nitrogens with one attached hydrogen (secondary N) is 1. The Hall–Kier alpha value is -2.68. The van der Waals surface area contributed by atoms with Crippen molar-refractivity contribution in [3.05, 3.63) is 47.4 Å². The van der Waals surface area contributed by atoms with Crippen LogP contribution in [0.15, 0.2) is 30.3 Å². The Kier molecular flexibility index (Phi) is 4.27. The highest BCUT2D eigenvalue weighted by Gasteiger charge is 2.33. The SMILES string of the molecule is Cc1nc(Oc2ccc(C(=O)NN)cc2)cc(C(F)(F)F)n1. The second-order valence-corrected chi connectivity index (χ2v) is 4.24. The number of rotatable bonds is 3. The topological polar surface area (TPSA) is 90.1 Å². The number of carbonyl (C=O) groups is 1. The van der Waals surface area contributed by atoms with Gasteiger partial charge in [-0.2, -0.15) is 18.2 Å². The van der Waals surface area contributed by atoms with Crippen LogP contribution in [0.2, 0.25) is 0 Å².